The zero-order valence-electron chi connectivity index (χ0n) is 42.0. The quantitative estimate of drug-likeness (QED) is 0.0358. The molecule has 0 bridgehead atoms. The van der Waals surface area contributed by atoms with E-state index in [1.54, 1.807) is 0 Å². The van der Waals surface area contributed by atoms with Crippen LogP contribution in [-0.4, -0.2) is 28.4 Å². The van der Waals surface area contributed by atoms with Gasteiger partial charge in [0.15, 0.2) is 0 Å². The van der Waals surface area contributed by atoms with Gasteiger partial charge >= 0.3 is 35.7 Å². The Morgan fingerprint density at radius 1 is 0.328 bits per heavy atom. The van der Waals surface area contributed by atoms with Gasteiger partial charge in [-0.3, -0.25) is 15.9 Å². The van der Waals surface area contributed by atoms with Gasteiger partial charge in [-0.2, -0.15) is 6.42 Å². The van der Waals surface area contributed by atoms with Crippen molar-refractivity contribution < 1.29 is 48.3 Å². The second-order valence-corrected chi connectivity index (χ2v) is 19.5. The number of hydrogen-bond acceptors (Lipinski definition) is 4. The van der Waals surface area contributed by atoms with E-state index in [2.05, 4.69) is 41.5 Å². The summed E-state index contributed by atoms with van der Waals surface area (Å²) in [5.74, 6) is 1.30. The van der Waals surface area contributed by atoms with Crippen molar-refractivity contribution in [3.8, 4) is 0 Å². The molecule has 0 saturated carbocycles. The van der Waals surface area contributed by atoms with Gasteiger partial charge in [-0.15, -0.1) is 0 Å². The maximum absolute atomic E-state index is 10.3. The zero-order chi connectivity index (χ0) is 46.3. The summed E-state index contributed by atoms with van der Waals surface area (Å²) < 4.78 is 8.25. The van der Waals surface area contributed by atoms with Crippen LogP contribution in [0, 0.1) is 17.8 Å². The molecule has 0 aliphatic rings. The van der Waals surface area contributed by atoms with Gasteiger partial charge in [0.1, 0.15) is 0 Å². The molecular formula is C54H107O6Ti. The number of unbranched alkanes of at least 4 members (excludes halogenated alkanes) is 34. The van der Waals surface area contributed by atoms with Gasteiger partial charge in [0.05, 0.1) is 0 Å². The van der Waals surface area contributed by atoms with Gasteiger partial charge in [0.25, 0.3) is 0 Å². The minimum atomic E-state index is -0.654. The topological polar surface area (TPSA) is 109 Å². The number of carbonyl (C=O) groups is 2. The maximum atomic E-state index is 10.3. The van der Waals surface area contributed by atoms with Crippen molar-refractivity contribution in [2.45, 2.75) is 311 Å². The van der Waals surface area contributed by atoms with Crippen molar-refractivity contribution in [1.29, 1.82) is 0 Å². The van der Waals surface area contributed by atoms with Crippen LogP contribution in [0.15, 0.2) is 0 Å². The Morgan fingerprint density at radius 2 is 0.492 bits per heavy atom. The van der Waals surface area contributed by atoms with Crippen molar-refractivity contribution in [2.24, 2.45) is 17.8 Å². The van der Waals surface area contributed by atoms with E-state index >= 15 is 0 Å². The fraction of sp³-hybridized carbons (Fsp3) is 0.944. The molecular weight excluding hydrogens is 792 g/mol. The predicted octanol–water partition coefficient (Wildman–Crippen LogP) is 18.5. The Balaban J connectivity index is -0.000000391. The van der Waals surface area contributed by atoms with E-state index in [9.17, 15) is 14.4 Å². The summed E-state index contributed by atoms with van der Waals surface area (Å²) >= 11 is 0.750. The average Bonchev–Trinajstić information content (AvgIpc) is 3.22. The van der Waals surface area contributed by atoms with E-state index in [-0.39, 0.29) is 0 Å². The van der Waals surface area contributed by atoms with E-state index in [4.69, 9.17) is 13.5 Å². The Labute approximate surface area is 393 Å². The molecule has 0 aromatic heterocycles. The van der Waals surface area contributed by atoms with Crippen molar-refractivity contribution >= 4 is 18.2 Å². The monoisotopic (exact) mass is 900 g/mol. The number of aliphatic carboxylic acids is 2. The number of rotatable bonds is 45. The van der Waals surface area contributed by atoms with Crippen LogP contribution in [-0.2, 0) is 38.1 Å². The Hall–Kier alpha value is -0.876. The molecule has 0 aromatic carbocycles. The van der Waals surface area contributed by atoms with Crippen LogP contribution in [0.2, 0.25) is 0 Å². The van der Waals surface area contributed by atoms with Crippen LogP contribution in [0.4, 0.5) is 0 Å². The fourth-order valence-electron chi connectivity index (χ4n) is 7.71. The van der Waals surface area contributed by atoms with Gasteiger partial charge in [-0.1, -0.05) is 279 Å². The van der Waals surface area contributed by atoms with Crippen LogP contribution >= 0.6 is 0 Å². The number of carbonyl (C=O) groups excluding carboxylic acids is 1. The molecule has 0 heterocycles. The van der Waals surface area contributed by atoms with Gasteiger partial charge in [0.2, 0.25) is 0 Å². The first kappa shape index (κ1) is 66.7. The van der Waals surface area contributed by atoms with Crippen LogP contribution in [0.5, 0.6) is 0 Å². The molecule has 0 radical (unpaired) electrons. The van der Waals surface area contributed by atoms with Crippen molar-refractivity contribution in [2.75, 3.05) is 0 Å². The third-order valence-electron chi connectivity index (χ3n) is 11.7. The van der Waals surface area contributed by atoms with E-state index in [1.165, 1.54) is 218 Å². The van der Waals surface area contributed by atoms with Gasteiger partial charge in [-0.05, 0) is 30.6 Å². The summed E-state index contributed by atoms with van der Waals surface area (Å²) in [5, 5.41) is 17.0. The molecule has 0 amide bonds. The minimum absolute atomic E-state index is 0.344. The molecule has 7 heteroatoms. The van der Waals surface area contributed by atoms with Gasteiger partial charge in [-0.25, -0.2) is 0 Å². The van der Waals surface area contributed by atoms with Gasteiger partial charge < -0.3 is 15.0 Å². The third-order valence-corrected chi connectivity index (χ3v) is 11.7. The Kier molecular flexibility index (Phi) is 67.0. The van der Waals surface area contributed by atoms with E-state index < -0.39 is 11.9 Å². The second-order valence-electron chi connectivity index (χ2n) is 19.5. The van der Waals surface area contributed by atoms with E-state index in [0.29, 0.717) is 19.3 Å². The van der Waals surface area contributed by atoms with Gasteiger partial charge in [0, 0.05) is 12.8 Å². The first-order valence-corrected chi connectivity index (χ1v) is 27.2. The van der Waals surface area contributed by atoms with E-state index in [0.717, 1.165) is 70.3 Å². The number of carboxylic acids is 2. The third kappa shape index (κ3) is 79.9. The summed E-state index contributed by atoms with van der Waals surface area (Å²) in [6.45, 7) is 13.9. The molecule has 0 unspecified atom stereocenters. The molecule has 0 aromatic rings. The van der Waals surface area contributed by atoms with Crippen molar-refractivity contribution in [1.82, 2.24) is 0 Å². The number of hydrogen-bond donors (Lipinski definition) is 2. The molecule has 0 rings (SSSR count). The zero-order valence-corrected chi connectivity index (χ0v) is 43.5. The molecule has 61 heavy (non-hydrogen) atoms. The summed E-state index contributed by atoms with van der Waals surface area (Å²) in [6.07, 6.45) is 55.0. The van der Waals surface area contributed by atoms with Crippen LogP contribution in [0.25, 0.3) is 0 Å². The molecule has 0 aliphatic heterocycles. The standard InChI is InChI=1S/2C18H36O2.C18H35O.O.Ti/c2*1-17(2)15-13-11-9-7-5-3-4-6-8-10-12-14-16-18(19)20;1-18(2)16-14-12-10-8-6-4-3-5-7-9-11-13-15-17-19;;/h2*17H,3-16H2,1-2H3,(H,19,20);18H,3-16H2,1-2H3;;/q;;-1;;+1. The average molecular weight is 900 g/mol. The van der Waals surface area contributed by atoms with Crippen LogP contribution in [0.3, 0.4) is 0 Å². The van der Waals surface area contributed by atoms with Crippen molar-refractivity contribution in [3.63, 3.8) is 0 Å². The van der Waals surface area contributed by atoms with Crippen molar-refractivity contribution in [3.05, 3.63) is 0 Å². The van der Waals surface area contributed by atoms with Crippen LogP contribution in [0.1, 0.15) is 311 Å². The summed E-state index contributed by atoms with van der Waals surface area (Å²) in [7, 11) is 0. The molecule has 0 fully saturated rings. The SMILES string of the molecule is CC(C)CCCCCCCCCCCCCCC(=O)O.CC(C)CCCCCCCCCCCCCCC(=O)O.CC(C)CCCCCCCCCCCCCC[C-]=O.[O]=[Ti+]. The summed E-state index contributed by atoms with van der Waals surface area (Å²) in [4.78, 5) is 30.7. The fourth-order valence-corrected chi connectivity index (χ4v) is 7.71. The first-order valence-electron chi connectivity index (χ1n) is 26.5. The summed E-state index contributed by atoms with van der Waals surface area (Å²) in [6, 6.07) is 0. The molecule has 2 N–H and O–H groups in total. The number of carboxylic acid groups (broad SMARTS) is 2. The molecule has 0 atom stereocenters. The molecule has 363 valence electrons. The second kappa shape index (κ2) is 61.2. The Bertz CT molecular complexity index is 786. The molecule has 0 aliphatic carbocycles. The molecule has 0 saturated heterocycles. The summed E-state index contributed by atoms with van der Waals surface area (Å²) in [5.41, 5.74) is 0. The van der Waals surface area contributed by atoms with Crippen LogP contribution < -0.4 is 0 Å². The van der Waals surface area contributed by atoms with E-state index in [1.807, 2.05) is 6.29 Å². The molecule has 0 spiro atoms. The normalized spacial score (nSPS) is 10.9. The first-order chi connectivity index (χ1) is 29.5. The Morgan fingerprint density at radius 3 is 0.656 bits per heavy atom. The molecule has 6 nitrogen and oxygen atoms in total. The predicted molar refractivity (Wildman–Crippen MR) is 260 cm³/mol.